The maximum absolute atomic E-state index is 12.9. The SMILES string of the molecule is CCCCCCC/C=C\C/C=C\CCCCCCCCCCCCCCCCCCCCCC(=O)OC(COC(=O)CCCCCCCCCCCCCCCCCCCCCCCCCCC/C=C\CCCCCCCCCC)COP(=O)(O)OCC[N+](C)(C)C. The zero-order valence-electron chi connectivity index (χ0n) is 62.3. The van der Waals surface area contributed by atoms with Crippen LogP contribution in [0.1, 0.15) is 425 Å². The summed E-state index contributed by atoms with van der Waals surface area (Å²) in [7, 11) is 1.50. The van der Waals surface area contributed by atoms with Crippen LogP contribution in [0.2, 0.25) is 0 Å². The number of rotatable bonds is 77. The van der Waals surface area contributed by atoms with Crippen molar-refractivity contribution in [3.63, 3.8) is 0 Å². The third kappa shape index (κ3) is 77.2. The molecule has 2 atom stereocenters. The zero-order valence-corrected chi connectivity index (χ0v) is 63.2. The van der Waals surface area contributed by atoms with Crippen LogP contribution in [0.25, 0.3) is 0 Å². The number of carbonyl (C=O) groups is 2. The molecule has 0 radical (unpaired) electrons. The summed E-state index contributed by atoms with van der Waals surface area (Å²) in [4.78, 5) is 36.0. The molecule has 0 saturated heterocycles. The zero-order chi connectivity index (χ0) is 66.9. The van der Waals surface area contributed by atoms with Gasteiger partial charge in [0.05, 0.1) is 27.7 Å². The third-order valence-corrected chi connectivity index (χ3v) is 19.6. The van der Waals surface area contributed by atoms with Crippen LogP contribution < -0.4 is 0 Å². The Labute approximate surface area is 573 Å². The molecule has 0 aliphatic rings. The van der Waals surface area contributed by atoms with Gasteiger partial charge in [0.1, 0.15) is 19.8 Å². The molecule has 10 heteroatoms. The smallest absolute Gasteiger partial charge is 0.462 e. The number of quaternary nitrogens is 1. The van der Waals surface area contributed by atoms with E-state index in [1.807, 2.05) is 21.1 Å². The van der Waals surface area contributed by atoms with Gasteiger partial charge in [0.25, 0.3) is 0 Å². The molecule has 0 spiro atoms. The fraction of sp³-hybridized carbons (Fsp3) is 0.902. The Morgan fingerprint density at radius 3 is 0.870 bits per heavy atom. The highest BCUT2D eigenvalue weighted by Crippen LogP contribution is 2.43. The Bertz CT molecular complexity index is 1640. The maximum atomic E-state index is 12.9. The minimum Gasteiger partial charge on any atom is -0.462 e. The standard InChI is InChI=1S/C82H158NO8P/c1-6-8-10-12-14-16-18-20-22-24-26-28-30-32-34-36-38-39-40-41-42-43-45-46-48-50-52-54-56-58-60-62-64-66-68-70-72-74-81(84)88-78-80(79-90-92(86,87)89-77-76-83(3,4)5)91-82(85)75-73-71-69-67-65-63-61-59-57-55-53-51-49-47-44-37-35-33-31-29-27-25-23-21-19-17-15-13-11-9-7-2/h19,21,24-27,80H,6-18,20,22-23,28-79H2,1-5H3/p+1/b21-19-,26-24-,27-25-. The van der Waals surface area contributed by atoms with Crippen LogP contribution in [0.3, 0.4) is 0 Å². The number of phosphoric ester groups is 1. The number of hydrogen-bond donors (Lipinski definition) is 1. The molecule has 1 N–H and O–H groups in total. The van der Waals surface area contributed by atoms with Gasteiger partial charge >= 0.3 is 19.8 Å². The summed E-state index contributed by atoms with van der Waals surface area (Å²) in [6.45, 7) is 4.51. The number of esters is 2. The molecule has 544 valence electrons. The summed E-state index contributed by atoms with van der Waals surface area (Å²) in [5.41, 5.74) is 0. The van der Waals surface area contributed by atoms with Crippen LogP contribution in [-0.2, 0) is 32.7 Å². The van der Waals surface area contributed by atoms with Crippen LogP contribution in [0.4, 0.5) is 0 Å². The molecule has 0 fully saturated rings. The van der Waals surface area contributed by atoms with Crippen LogP contribution in [-0.4, -0.2) is 74.9 Å². The largest absolute Gasteiger partial charge is 0.472 e. The normalized spacial score (nSPS) is 13.2. The van der Waals surface area contributed by atoms with Gasteiger partial charge in [0.15, 0.2) is 6.10 Å². The van der Waals surface area contributed by atoms with E-state index in [4.69, 9.17) is 18.5 Å². The van der Waals surface area contributed by atoms with E-state index >= 15 is 0 Å². The molecule has 92 heavy (non-hydrogen) atoms. The highest BCUT2D eigenvalue weighted by atomic mass is 31.2. The van der Waals surface area contributed by atoms with E-state index in [2.05, 4.69) is 50.3 Å². The summed E-state index contributed by atoms with van der Waals surface area (Å²) >= 11 is 0. The summed E-state index contributed by atoms with van der Waals surface area (Å²) < 4.78 is 34.8. The maximum Gasteiger partial charge on any atom is 0.472 e. The van der Waals surface area contributed by atoms with E-state index in [-0.39, 0.29) is 25.6 Å². The lowest BCUT2D eigenvalue weighted by atomic mass is 10.0. The molecule has 0 rings (SSSR count). The van der Waals surface area contributed by atoms with Crippen molar-refractivity contribution in [1.29, 1.82) is 0 Å². The lowest BCUT2D eigenvalue weighted by Crippen LogP contribution is -2.37. The Morgan fingerprint density at radius 2 is 0.587 bits per heavy atom. The summed E-state index contributed by atoms with van der Waals surface area (Å²) in [5.74, 6) is -0.771. The molecular weight excluding hydrogens is 1160 g/mol. The van der Waals surface area contributed by atoms with Gasteiger partial charge in [-0.3, -0.25) is 18.6 Å². The second-order valence-electron chi connectivity index (χ2n) is 29.2. The van der Waals surface area contributed by atoms with Gasteiger partial charge < -0.3 is 18.9 Å². The van der Waals surface area contributed by atoms with Crippen molar-refractivity contribution in [2.75, 3.05) is 47.5 Å². The molecule has 0 bridgehead atoms. The van der Waals surface area contributed by atoms with E-state index in [0.29, 0.717) is 23.9 Å². The number of hydrogen-bond acceptors (Lipinski definition) is 7. The molecule has 0 saturated carbocycles. The number of nitrogens with zero attached hydrogens (tertiary/aromatic N) is 1. The predicted octanol–water partition coefficient (Wildman–Crippen LogP) is 27.0. The summed E-state index contributed by atoms with van der Waals surface area (Å²) in [6.07, 6.45) is 95.9. The summed E-state index contributed by atoms with van der Waals surface area (Å²) in [5, 5.41) is 0. The third-order valence-electron chi connectivity index (χ3n) is 18.6. The number of phosphoric acid groups is 1. The van der Waals surface area contributed by atoms with E-state index < -0.39 is 26.5 Å². The van der Waals surface area contributed by atoms with Crippen LogP contribution in [0.15, 0.2) is 36.5 Å². The molecule has 0 aromatic rings. The summed E-state index contributed by atoms with van der Waals surface area (Å²) in [6, 6.07) is 0. The van der Waals surface area contributed by atoms with Crippen molar-refractivity contribution in [3.8, 4) is 0 Å². The Morgan fingerprint density at radius 1 is 0.337 bits per heavy atom. The van der Waals surface area contributed by atoms with Gasteiger partial charge in [0, 0.05) is 12.8 Å². The Balaban J connectivity index is 3.89. The van der Waals surface area contributed by atoms with Gasteiger partial charge in [-0.15, -0.1) is 0 Å². The van der Waals surface area contributed by atoms with Crippen molar-refractivity contribution >= 4 is 19.8 Å². The lowest BCUT2D eigenvalue weighted by Gasteiger charge is -2.24. The molecule has 0 aromatic carbocycles. The van der Waals surface area contributed by atoms with Crippen molar-refractivity contribution in [1.82, 2.24) is 0 Å². The topological polar surface area (TPSA) is 108 Å². The number of allylic oxidation sites excluding steroid dienone is 6. The van der Waals surface area contributed by atoms with E-state index in [1.165, 1.54) is 353 Å². The molecular formula is C82H159NO8P+. The first-order valence-corrected chi connectivity index (χ1v) is 42.2. The molecule has 0 aromatic heterocycles. The Kier molecular flexibility index (Phi) is 72.1. The average Bonchev–Trinajstić information content (AvgIpc) is 2.14. The lowest BCUT2D eigenvalue weighted by molar-refractivity contribution is -0.870. The van der Waals surface area contributed by atoms with Crippen molar-refractivity contribution in [3.05, 3.63) is 36.5 Å². The monoisotopic (exact) mass is 1320 g/mol. The first-order valence-electron chi connectivity index (χ1n) is 40.7. The van der Waals surface area contributed by atoms with Gasteiger partial charge in [-0.25, -0.2) is 4.57 Å². The number of ether oxygens (including phenoxy) is 2. The number of carbonyl (C=O) groups excluding carboxylic acids is 2. The average molecular weight is 1320 g/mol. The fourth-order valence-corrected chi connectivity index (χ4v) is 13.1. The van der Waals surface area contributed by atoms with Crippen LogP contribution >= 0.6 is 7.82 Å². The second-order valence-corrected chi connectivity index (χ2v) is 30.6. The highest BCUT2D eigenvalue weighted by molar-refractivity contribution is 7.47. The van der Waals surface area contributed by atoms with Gasteiger partial charge in [-0.1, -0.05) is 378 Å². The number of likely N-dealkylation sites (N-methyl/N-ethyl adjacent to an activating group) is 1. The minimum absolute atomic E-state index is 0.0352. The van der Waals surface area contributed by atoms with Crippen molar-refractivity contribution in [2.24, 2.45) is 0 Å². The first kappa shape index (κ1) is 90.2. The first-order chi connectivity index (χ1) is 45.0. The van der Waals surface area contributed by atoms with Crippen LogP contribution in [0.5, 0.6) is 0 Å². The van der Waals surface area contributed by atoms with E-state index in [1.54, 1.807) is 0 Å². The Hall–Kier alpha value is -1.77. The van der Waals surface area contributed by atoms with Gasteiger partial charge in [0.2, 0.25) is 0 Å². The highest BCUT2D eigenvalue weighted by Gasteiger charge is 2.27. The fourth-order valence-electron chi connectivity index (χ4n) is 12.4. The molecule has 2 unspecified atom stereocenters. The quantitative estimate of drug-likeness (QED) is 0.0211. The number of unbranched alkanes of at least 4 members (excludes halogenated alkanes) is 57. The second kappa shape index (κ2) is 73.5. The molecule has 9 nitrogen and oxygen atoms in total. The molecule has 0 heterocycles. The van der Waals surface area contributed by atoms with Gasteiger partial charge in [-0.05, 0) is 70.6 Å². The van der Waals surface area contributed by atoms with E-state index in [9.17, 15) is 19.0 Å². The minimum atomic E-state index is -4.39. The van der Waals surface area contributed by atoms with Crippen LogP contribution in [0, 0.1) is 0 Å². The van der Waals surface area contributed by atoms with Gasteiger partial charge in [-0.2, -0.15) is 0 Å². The predicted molar refractivity (Wildman–Crippen MR) is 400 cm³/mol. The molecule has 0 aliphatic heterocycles. The molecule has 0 aliphatic carbocycles. The van der Waals surface area contributed by atoms with Crippen molar-refractivity contribution < 1.29 is 42.1 Å². The van der Waals surface area contributed by atoms with E-state index in [0.717, 1.165) is 38.5 Å². The van der Waals surface area contributed by atoms with Crippen molar-refractivity contribution in [2.45, 2.75) is 431 Å². The molecule has 0 amide bonds.